The number of aliphatic carboxylic acids is 1. The van der Waals surface area contributed by atoms with Crippen LogP contribution in [-0.2, 0) is 22.7 Å². The Morgan fingerprint density at radius 2 is 2.10 bits per heavy atom. The van der Waals surface area contributed by atoms with Crippen molar-refractivity contribution in [1.29, 1.82) is 0 Å². The minimum atomic E-state index is -1.03. The summed E-state index contributed by atoms with van der Waals surface area (Å²) in [6, 6.07) is -0.250. The van der Waals surface area contributed by atoms with Gasteiger partial charge >= 0.3 is 12.0 Å². The zero-order valence-electron chi connectivity index (χ0n) is 11.2. The number of carbonyl (C=O) groups excluding carboxylic acids is 2. The topological polar surface area (TPSA) is 138 Å². The molecular formula is C11H16N6O4. The number of rotatable bonds is 7. The normalized spacial score (nSPS) is 13.5. The molecule has 0 bridgehead atoms. The number of hydrogen-bond donors (Lipinski definition) is 4. The van der Waals surface area contributed by atoms with Gasteiger partial charge in [0.25, 0.3) is 0 Å². The summed E-state index contributed by atoms with van der Waals surface area (Å²) in [7, 11) is 0. The molecule has 1 heterocycles. The highest BCUT2D eigenvalue weighted by atomic mass is 16.4. The van der Waals surface area contributed by atoms with Gasteiger partial charge in [-0.15, -0.1) is 5.10 Å². The molecule has 0 radical (unpaired) electrons. The molecule has 1 fully saturated rings. The predicted molar refractivity (Wildman–Crippen MR) is 69.1 cm³/mol. The molecule has 21 heavy (non-hydrogen) atoms. The lowest BCUT2D eigenvalue weighted by Crippen LogP contribution is -2.42. The van der Waals surface area contributed by atoms with Crippen molar-refractivity contribution in [3.05, 3.63) is 11.9 Å². The molecule has 2 rings (SSSR count). The number of carboxylic acids is 1. The van der Waals surface area contributed by atoms with Crippen LogP contribution >= 0.6 is 0 Å². The quantitative estimate of drug-likeness (QED) is 0.480. The summed E-state index contributed by atoms with van der Waals surface area (Å²) < 4.78 is 1.15. The van der Waals surface area contributed by atoms with Crippen molar-refractivity contribution in [3.63, 3.8) is 0 Å². The average Bonchev–Trinajstić information content (AvgIpc) is 3.12. The van der Waals surface area contributed by atoms with Gasteiger partial charge in [0, 0.05) is 6.04 Å². The molecule has 1 aromatic heterocycles. The zero-order chi connectivity index (χ0) is 15.2. The molecule has 114 valence electrons. The highest BCUT2D eigenvalue weighted by Gasteiger charge is 2.23. The Balaban J connectivity index is 1.64. The maximum atomic E-state index is 11.5. The van der Waals surface area contributed by atoms with Crippen molar-refractivity contribution in [2.24, 2.45) is 0 Å². The van der Waals surface area contributed by atoms with Crippen LogP contribution in [0.1, 0.15) is 18.5 Å². The fourth-order valence-electron chi connectivity index (χ4n) is 1.54. The molecule has 0 atom stereocenters. The molecule has 1 aliphatic rings. The van der Waals surface area contributed by atoms with E-state index in [2.05, 4.69) is 26.3 Å². The summed E-state index contributed by atoms with van der Waals surface area (Å²) in [6.45, 7) is -0.287. The molecule has 0 unspecified atom stereocenters. The number of nitrogens with one attached hydrogen (secondary N) is 3. The van der Waals surface area contributed by atoms with Crippen LogP contribution in [0.3, 0.4) is 0 Å². The minimum absolute atomic E-state index is 0.0892. The van der Waals surface area contributed by atoms with Gasteiger partial charge in [-0.25, -0.2) is 9.48 Å². The van der Waals surface area contributed by atoms with Crippen LogP contribution in [-0.4, -0.2) is 50.6 Å². The Labute approximate surface area is 119 Å². The lowest BCUT2D eigenvalue weighted by Gasteiger charge is -2.06. The van der Waals surface area contributed by atoms with Gasteiger partial charge in [0.05, 0.1) is 19.3 Å². The van der Waals surface area contributed by atoms with Crippen LogP contribution < -0.4 is 16.0 Å². The van der Waals surface area contributed by atoms with Gasteiger partial charge in [-0.2, -0.15) is 0 Å². The van der Waals surface area contributed by atoms with E-state index in [0.29, 0.717) is 5.69 Å². The lowest BCUT2D eigenvalue weighted by molar-refractivity contribution is -0.137. The van der Waals surface area contributed by atoms with Gasteiger partial charge in [0.2, 0.25) is 5.91 Å². The molecule has 10 heteroatoms. The Morgan fingerprint density at radius 3 is 2.76 bits per heavy atom. The van der Waals surface area contributed by atoms with Crippen molar-refractivity contribution >= 4 is 17.9 Å². The fourth-order valence-corrected chi connectivity index (χ4v) is 1.54. The second-order valence-corrected chi connectivity index (χ2v) is 4.68. The van der Waals surface area contributed by atoms with Crippen molar-refractivity contribution in [3.8, 4) is 0 Å². The van der Waals surface area contributed by atoms with E-state index < -0.39 is 12.0 Å². The molecule has 0 aromatic carbocycles. The maximum Gasteiger partial charge on any atom is 0.325 e. The Kier molecular flexibility index (Phi) is 4.69. The van der Waals surface area contributed by atoms with Gasteiger partial charge in [0.1, 0.15) is 12.2 Å². The number of carboxylic acid groups (broad SMARTS) is 1. The van der Waals surface area contributed by atoms with Crippen LogP contribution in [0.25, 0.3) is 0 Å². The Morgan fingerprint density at radius 1 is 1.33 bits per heavy atom. The van der Waals surface area contributed by atoms with E-state index in [-0.39, 0.29) is 31.6 Å². The first-order valence-corrected chi connectivity index (χ1v) is 6.45. The molecule has 3 amide bonds. The second-order valence-electron chi connectivity index (χ2n) is 4.68. The third kappa shape index (κ3) is 5.47. The molecule has 4 N–H and O–H groups in total. The van der Waals surface area contributed by atoms with E-state index in [1.54, 1.807) is 0 Å². The number of nitrogens with zero attached hydrogens (tertiary/aromatic N) is 3. The lowest BCUT2D eigenvalue weighted by atomic mass is 10.4. The average molecular weight is 296 g/mol. The van der Waals surface area contributed by atoms with E-state index in [1.807, 2.05) is 0 Å². The molecular weight excluding hydrogens is 280 g/mol. The number of urea groups is 1. The highest BCUT2D eigenvalue weighted by molar-refractivity contribution is 5.84. The molecule has 1 saturated carbocycles. The zero-order valence-corrected chi connectivity index (χ0v) is 11.2. The van der Waals surface area contributed by atoms with Gasteiger partial charge in [-0.05, 0) is 12.8 Å². The fraction of sp³-hybridized carbons (Fsp3) is 0.545. The van der Waals surface area contributed by atoms with Crippen LogP contribution in [0.2, 0.25) is 0 Å². The number of carbonyl (C=O) groups is 3. The smallest absolute Gasteiger partial charge is 0.325 e. The standard InChI is InChI=1S/C11H16N6O4/c18-9(14-7-1-2-7)4-13-11(21)12-3-8-5-17(16-15-8)6-10(19)20/h5,7H,1-4,6H2,(H,14,18)(H,19,20)(H2,12,13,21). The minimum Gasteiger partial charge on any atom is -0.480 e. The third-order valence-electron chi connectivity index (χ3n) is 2.67. The first-order chi connectivity index (χ1) is 10.0. The number of hydrogen-bond acceptors (Lipinski definition) is 5. The van der Waals surface area contributed by atoms with Crippen molar-refractivity contribution < 1.29 is 19.5 Å². The molecule has 0 spiro atoms. The summed E-state index contributed by atoms with van der Waals surface area (Å²) >= 11 is 0. The van der Waals surface area contributed by atoms with Gasteiger partial charge in [0.15, 0.2) is 0 Å². The summed E-state index contributed by atoms with van der Waals surface area (Å²) in [5.41, 5.74) is 0.425. The van der Waals surface area contributed by atoms with Crippen LogP contribution in [0.4, 0.5) is 4.79 Å². The summed E-state index contributed by atoms with van der Waals surface area (Å²) in [4.78, 5) is 33.3. The molecule has 1 aromatic rings. The van der Waals surface area contributed by atoms with Gasteiger partial charge in [-0.3, -0.25) is 9.59 Å². The highest BCUT2D eigenvalue weighted by Crippen LogP contribution is 2.18. The maximum absolute atomic E-state index is 11.5. The molecule has 1 aliphatic carbocycles. The number of aromatic nitrogens is 3. The monoisotopic (exact) mass is 296 g/mol. The van der Waals surface area contributed by atoms with E-state index in [4.69, 9.17) is 5.11 Å². The molecule has 0 saturated heterocycles. The first-order valence-electron chi connectivity index (χ1n) is 6.45. The number of amides is 3. The van der Waals surface area contributed by atoms with E-state index >= 15 is 0 Å². The van der Waals surface area contributed by atoms with Crippen molar-refractivity contribution in [2.75, 3.05) is 6.54 Å². The SMILES string of the molecule is O=C(O)Cn1cc(CNC(=O)NCC(=O)NC2CC2)nn1. The summed E-state index contributed by atoms with van der Waals surface area (Å²) in [6.07, 6.45) is 3.40. The van der Waals surface area contributed by atoms with Crippen LogP contribution in [0.5, 0.6) is 0 Å². The van der Waals surface area contributed by atoms with Crippen molar-refractivity contribution in [1.82, 2.24) is 30.9 Å². The van der Waals surface area contributed by atoms with E-state index in [1.165, 1.54) is 6.20 Å². The van der Waals surface area contributed by atoms with Crippen molar-refractivity contribution in [2.45, 2.75) is 32.0 Å². The van der Waals surface area contributed by atoms with Crippen LogP contribution in [0.15, 0.2) is 6.20 Å². The first kappa shape index (κ1) is 14.8. The van der Waals surface area contributed by atoms with E-state index in [9.17, 15) is 14.4 Å². The molecule has 10 nitrogen and oxygen atoms in total. The van der Waals surface area contributed by atoms with Gasteiger partial charge < -0.3 is 21.1 Å². The van der Waals surface area contributed by atoms with E-state index in [0.717, 1.165) is 17.5 Å². The van der Waals surface area contributed by atoms with Crippen LogP contribution in [0, 0.1) is 0 Å². The predicted octanol–water partition coefficient (Wildman–Crippen LogP) is -1.56. The van der Waals surface area contributed by atoms with Gasteiger partial charge in [-0.1, -0.05) is 5.21 Å². The Hall–Kier alpha value is -2.65. The largest absolute Gasteiger partial charge is 0.480 e. The summed E-state index contributed by atoms with van der Waals surface area (Å²) in [5.74, 6) is -1.25. The second kappa shape index (κ2) is 6.68. The summed E-state index contributed by atoms with van der Waals surface area (Å²) in [5, 5.41) is 23.5. The molecule has 0 aliphatic heterocycles. The third-order valence-corrected chi connectivity index (χ3v) is 2.67. The Bertz CT molecular complexity index is 539.